The maximum Gasteiger partial charge on any atom is 0.326 e. The molecule has 0 saturated carbocycles. The second-order valence-corrected chi connectivity index (χ2v) is 19.2. The molecule has 0 aliphatic carbocycles. The van der Waals surface area contributed by atoms with Crippen molar-refractivity contribution in [2.24, 2.45) is 23.3 Å². The van der Waals surface area contributed by atoms with Crippen LogP contribution in [0.1, 0.15) is 77.8 Å². The van der Waals surface area contributed by atoms with Crippen molar-refractivity contribution in [1.82, 2.24) is 47.9 Å². The van der Waals surface area contributed by atoms with Gasteiger partial charge in [0, 0.05) is 19.3 Å². The molecule has 9 atom stereocenters. The van der Waals surface area contributed by atoms with E-state index in [1.165, 1.54) is 31.2 Å². The van der Waals surface area contributed by atoms with Crippen LogP contribution in [0.15, 0.2) is 54.6 Å². The van der Waals surface area contributed by atoms with Crippen molar-refractivity contribution in [3.8, 4) is 5.75 Å². The minimum atomic E-state index is -1.91. The number of rotatable bonds is 34. The molecule has 0 fully saturated rings. The summed E-state index contributed by atoms with van der Waals surface area (Å²) in [4.78, 5) is 157. The van der Waals surface area contributed by atoms with Crippen LogP contribution in [0.4, 0.5) is 0 Å². The predicted octanol–water partition coefficient (Wildman–Crippen LogP) is -4.58. The highest BCUT2D eigenvalue weighted by Gasteiger charge is 2.35. The number of aliphatic hydroxyl groups excluding tert-OH is 2. The van der Waals surface area contributed by atoms with Gasteiger partial charge >= 0.3 is 11.9 Å². The molecule has 430 valence electrons. The normalized spacial score (nSPS) is 14.5. The summed E-state index contributed by atoms with van der Waals surface area (Å²) < 4.78 is 0. The van der Waals surface area contributed by atoms with E-state index in [0.29, 0.717) is 11.1 Å². The van der Waals surface area contributed by atoms with Gasteiger partial charge in [-0.1, -0.05) is 70.2 Å². The number of phenols is 1. The lowest BCUT2D eigenvalue weighted by Crippen LogP contribution is -2.61. The van der Waals surface area contributed by atoms with Crippen LogP contribution >= 0.6 is 0 Å². The van der Waals surface area contributed by atoms with Crippen LogP contribution in [-0.4, -0.2) is 171 Å². The molecule has 0 radical (unpaired) electrons. The van der Waals surface area contributed by atoms with E-state index >= 15 is 0 Å². The number of nitrogens with one attached hydrogen (secondary N) is 9. The Morgan fingerprint density at radius 2 is 0.897 bits per heavy atom. The number of carboxylic acids is 2. The Labute approximate surface area is 449 Å². The Balaban J connectivity index is 2.37. The van der Waals surface area contributed by atoms with Crippen molar-refractivity contribution in [3.05, 3.63) is 65.7 Å². The Morgan fingerprint density at radius 3 is 1.38 bits per heavy atom. The minimum absolute atomic E-state index is 0.0433. The third-order valence-electron chi connectivity index (χ3n) is 11.4. The first-order valence-corrected chi connectivity index (χ1v) is 24.9. The minimum Gasteiger partial charge on any atom is -0.508 e. The van der Waals surface area contributed by atoms with E-state index in [9.17, 15) is 83.1 Å². The fourth-order valence-corrected chi connectivity index (χ4v) is 7.34. The number of benzene rings is 2. The van der Waals surface area contributed by atoms with Crippen molar-refractivity contribution < 1.29 is 83.1 Å². The smallest absolute Gasteiger partial charge is 0.326 e. The van der Waals surface area contributed by atoms with Crippen molar-refractivity contribution in [1.29, 1.82) is 0 Å². The molecule has 28 heteroatoms. The number of carboxylic acid groups (broad SMARTS) is 2. The van der Waals surface area contributed by atoms with E-state index < -0.39 is 171 Å². The van der Waals surface area contributed by atoms with Gasteiger partial charge in [0.15, 0.2) is 0 Å². The number of amides is 10. The largest absolute Gasteiger partial charge is 0.508 e. The van der Waals surface area contributed by atoms with Crippen LogP contribution in [0.5, 0.6) is 5.75 Å². The zero-order valence-electron chi connectivity index (χ0n) is 43.9. The number of aliphatic hydroxyl groups is 2. The fourth-order valence-electron chi connectivity index (χ4n) is 7.34. The molecule has 0 aromatic heterocycles. The van der Waals surface area contributed by atoms with E-state index in [1.54, 1.807) is 58.0 Å². The van der Waals surface area contributed by atoms with Gasteiger partial charge in [-0.15, -0.1) is 0 Å². The van der Waals surface area contributed by atoms with Crippen molar-refractivity contribution >= 4 is 71.0 Å². The molecule has 2 aromatic carbocycles. The number of nitrogens with two attached hydrogens (primary N) is 2. The Bertz CT molecular complexity index is 2410. The van der Waals surface area contributed by atoms with E-state index in [2.05, 4.69) is 47.9 Å². The topological polar surface area (TPSA) is 466 Å². The number of carbonyl (C=O) groups excluding carboxylic acids is 10. The number of carbonyl (C=O) groups is 12. The Hall–Kier alpha value is -8.24. The summed E-state index contributed by atoms with van der Waals surface area (Å²) in [6.45, 7) is 5.28. The Morgan fingerprint density at radius 1 is 0.487 bits per heavy atom. The summed E-state index contributed by atoms with van der Waals surface area (Å²) in [5, 5.41) is 70.0. The maximum absolute atomic E-state index is 14.2. The van der Waals surface area contributed by atoms with Gasteiger partial charge in [-0.25, -0.2) is 4.79 Å². The second kappa shape index (κ2) is 33.0. The highest BCUT2D eigenvalue weighted by Crippen LogP contribution is 2.14. The molecule has 0 saturated heterocycles. The third kappa shape index (κ3) is 24.2. The van der Waals surface area contributed by atoms with Crippen LogP contribution in [0, 0.1) is 11.8 Å². The molecule has 0 bridgehead atoms. The van der Waals surface area contributed by atoms with Gasteiger partial charge in [0.05, 0.1) is 32.2 Å². The van der Waals surface area contributed by atoms with E-state index in [4.69, 9.17) is 11.5 Å². The number of hydrogen-bond acceptors (Lipinski definition) is 16. The van der Waals surface area contributed by atoms with Crippen LogP contribution in [-0.2, 0) is 70.4 Å². The standard InChI is InChI=1S/C50H73N11O17/c1-25(2)17-32(43(70)53-22-40(66)54-37(23-62)48(75)60-36(50(77)78)18-26(3)4)57-44(71)31(15-16-41(67)68)55-45(72)34(20-29-11-13-30(64)14-12-29)58-49(76)38(24-63)61-47(74)35(21-39(52)65)59-46(73)33(56-42(69)27(5)51)19-28-9-7-6-8-10-28/h6-14,25-27,31-38,62-64H,15-24,51H2,1-5H3,(H2,52,65)(H,53,70)(H,54,66)(H,55,72)(H,56,69)(H,57,71)(H,58,76)(H,59,73)(H,60,75)(H,61,74)(H,67,68)(H,77,78)/t27-,31-,32-,33-,34-,35-,36-,37-,38-/m0/s1. The van der Waals surface area contributed by atoms with Crippen molar-refractivity contribution in [2.45, 2.75) is 134 Å². The number of primary amides is 1. The fraction of sp³-hybridized carbons (Fsp3) is 0.520. The number of phenolic OH excluding ortho intramolecular Hbond substituents is 1. The quantitative estimate of drug-likeness (QED) is 0.0314. The molecule has 78 heavy (non-hydrogen) atoms. The molecule has 10 amide bonds. The van der Waals surface area contributed by atoms with Crippen LogP contribution in [0.25, 0.3) is 0 Å². The zero-order chi connectivity index (χ0) is 58.8. The first-order valence-electron chi connectivity index (χ1n) is 24.9. The number of aliphatic carboxylic acids is 2. The predicted molar refractivity (Wildman–Crippen MR) is 275 cm³/mol. The number of hydrogen-bond donors (Lipinski definition) is 16. The van der Waals surface area contributed by atoms with Gasteiger partial charge in [0.1, 0.15) is 54.1 Å². The molecule has 2 rings (SSSR count). The van der Waals surface area contributed by atoms with Gasteiger partial charge < -0.3 is 84.9 Å². The summed E-state index contributed by atoms with van der Waals surface area (Å²) in [5.41, 5.74) is 12.0. The van der Waals surface area contributed by atoms with Crippen molar-refractivity contribution in [3.63, 3.8) is 0 Å². The van der Waals surface area contributed by atoms with Crippen molar-refractivity contribution in [2.75, 3.05) is 19.8 Å². The highest BCUT2D eigenvalue weighted by molar-refractivity contribution is 5.99. The van der Waals surface area contributed by atoms with Gasteiger partial charge in [-0.3, -0.25) is 52.7 Å². The zero-order valence-corrected chi connectivity index (χ0v) is 43.9. The van der Waals surface area contributed by atoms with Gasteiger partial charge in [-0.2, -0.15) is 0 Å². The molecular weight excluding hydrogens is 1030 g/mol. The van der Waals surface area contributed by atoms with Gasteiger partial charge in [-0.05, 0) is 61.3 Å². The van der Waals surface area contributed by atoms with Gasteiger partial charge in [0.2, 0.25) is 59.1 Å². The second-order valence-electron chi connectivity index (χ2n) is 19.2. The molecule has 0 heterocycles. The van der Waals surface area contributed by atoms with E-state index in [1.807, 2.05) is 0 Å². The average Bonchev–Trinajstić information content (AvgIpc) is 3.36. The highest BCUT2D eigenvalue weighted by atomic mass is 16.4. The summed E-state index contributed by atoms with van der Waals surface area (Å²) in [5.74, 6) is -13.8. The lowest BCUT2D eigenvalue weighted by atomic mass is 10.0. The summed E-state index contributed by atoms with van der Waals surface area (Å²) in [6, 6.07) is -0.273. The molecule has 28 nitrogen and oxygen atoms in total. The summed E-state index contributed by atoms with van der Waals surface area (Å²) in [7, 11) is 0. The van der Waals surface area contributed by atoms with Crippen LogP contribution < -0.4 is 59.3 Å². The van der Waals surface area contributed by atoms with Crippen LogP contribution in [0.2, 0.25) is 0 Å². The molecular formula is C50H73N11O17. The summed E-state index contributed by atoms with van der Waals surface area (Å²) in [6.07, 6.45) is -2.66. The van der Waals surface area contributed by atoms with Crippen LogP contribution in [0.3, 0.4) is 0 Å². The first-order chi connectivity index (χ1) is 36.6. The van der Waals surface area contributed by atoms with E-state index in [-0.39, 0.29) is 36.8 Å². The Kier molecular flexibility index (Phi) is 27.9. The average molecular weight is 1100 g/mol. The molecule has 0 aliphatic rings. The van der Waals surface area contributed by atoms with E-state index in [0.717, 1.165) is 0 Å². The molecule has 0 aliphatic heterocycles. The molecule has 18 N–H and O–H groups in total. The van der Waals surface area contributed by atoms with Gasteiger partial charge in [0.25, 0.3) is 0 Å². The molecule has 2 aromatic rings. The lowest BCUT2D eigenvalue weighted by molar-refractivity contribution is -0.143. The first kappa shape index (κ1) is 65.9. The lowest BCUT2D eigenvalue weighted by Gasteiger charge is -2.27. The number of aromatic hydroxyl groups is 1. The maximum atomic E-state index is 14.2. The SMILES string of the molecule is CC(C)C[C@H](NC(=O)[C@H](CO)NC(=O)CNC(=O)[C@H](CC(C)C)NC(=O)[C@H](CCC(=O)O)NC(=O)[C@H](Cc1ccc(O)cc1)NC(=O)[C@H](CO)NC(=O)[C@H](CC(N)=O)NC(=O)[C@H](Cc1ccccc1)NC(=O)[C@H](C)N)C(=O)O. The molecule has 0 unspecified atom stereocenters. The monoisotopic (exact) mass is 1100 g/mol. The third-order valence-corrected chi connectivity index (χ3v) is 11.4. The summed E-state index contributed by atoms with van der Waals surface area (Å²) >= 11 is 0. The molecule has 0 spiro atoms.